The molecule has 10 atom stereocenters. The van der Waals surface area contributed by atoms with E-state index in [9.17, 15) is 9.59 Å². The summed E-state index contributed by atoms with van der Waals surface area (Å²) in [5, 5.41) is 3.26. The van der Waals surface area contributed by atoms with Gasteiger partial charge in [-0.2, -0.15) is 0 Å². The first kappa shape index (κ1) is 26.7. The summed E-state index contributed by atoms with van der Waals surface area (Å²) in [4.78, 5) is 27.8. The predicted octanol–water partition coefficient (Wildman–Crippen LogP) is 5.94. The van der Waals surface area contributed by atoms with Crippen molar-refractivity contribution in [1.29, 1.82) is 0 Å². The number of hydrogen-bond acceptors (Lipinski definition) is 4. The molecule has 0 heterocycles. The number of ether oxygens (including phenoxy) is 1. The highest BCUT2D eigenvalue weighted by atomic mass is 16.5. The molecule has 37 heavy (non-hydrogen) atoms. The lowest BCUT2D eigenvalue weighted by atomic mass is 9.44. The van der Waals surface area contributed by atoms with E-state index < -0.39 is 0 Å². The van der Waals surface area contributed by atoms with Crippen molar-refractivity contribution in [1.82, 2.24) is 10.2 Å². The van der Waals surface area contributed by atoms with E-state index in [1.807, 2.05) is 30.3 Å². The van der Waals surface area contributed by atoms with Gasteiger partial charge in [0.1, 0.15) is 6.10 Å². The topological polar surface area (TPSA) is 58.6 Å². The summed E-state index contributed by atoms with van der Waals surface area (Å²) in [6, 6.07) is 9.89. The summed E-state index contributed by atoms with van der Waals surface area (Å²) in [5.41, 5.74) is 1.25. The largest absolute Gasteiger partial charge is 0.460 e. The maximum absolute atomic E-state index is 13.1. The van der Waals surface area contributed by atoms with Crippen LogP contribution in [0.25, 0.3) is 0 Å². The number of carbonyl (C=O) groups is 2. The number of amides is 1. The third-order valence-corrected chi connectivity index (χ3v) is 11.9. The average molecular weight is 509 g/mol. The van der Waals surface area contributed by atoms with Gasteiger partial charge in [-0.25, -0.2) is 0 Å². The molecule has 0 unspecified atom stereocenters. The second-order valence-electron chi connectivity index (χ2n) is 13.6. The maximum atomic E-state index is 13.1. The zero-order chi connectivity index (χ0) is 26.5. The summed E-state index contributed by atoms with van der Waals surface area (Å²) in [5.74, 6) is 3.03. The van der Waals surface area contributed by atoms with Crippen LogP contribution in [0.5, 0.6) is 0 Å². The van der Waals surface area contributed by atoms with Gasteiger partial charge in [-0.1, -0.05) is 32.0 Å². The van der Waals surface area contributed by atoms with Gasteiger partial charge in [-0.3, -0.25) is 9.59 Å². The molecule has 0 spiro atoms. The van der Waals surface area contributed by atoms with Gasteiger partial charge in [0.15, 0.2) is 0 Å². The number of nitrogens with zero attached hydrogens (tertiary/aromatic N) is 1. The van der Waals surface area contributed by atoms with Crippen LogP contribution >= 0.6 is 0 Å². The molecule has 1 aromatic rings. The summed E-state index contributed by atoms with van der Waals surface area (Å²) < 4.78 is 6.08. The van der Waals surface area contributed by atoms with Gasteiger partial charge in [-0.15, -0.1) is 0 Å². The lowest BCUT2D eigenvalue weighted by Crippen LogP contribution is -2.62. The summed E-state index contributed by atoms with van der Waals surface area (Å²) in [7, 11) is 4.48. The Labute approximate surface area is 224 Å². The Bertz CT molecular complexity index is 995. The molecule has 1 amide bonds. The van der Waals surface area contributed by atoms with Crippen LogP contribution in [0.1, 0.15) is 89.4 Å². The predicted molar refractivity (Wildman–Crippen MR) is 147 cm³/mol. The van der Waals surface area contributed by atoms with E-state index in [0.717, 1.165) is 37.0 Å². The van der Waals surface area contributed by atoms with Crippen LogP contribution in [-0.2, 0) is 9.53 Å². The minimum Gasteiger partial charge on any atom is -0.460 e. The molecule has 4 aliphatic rings. The van der Waals surface area contributed by atoms with Crippen molar-refractivity contribution < 1.29 is 14.3 Å². The van der Waals surface area contributed by atoms with Crippen LogP contribution in [0.15, 0.2) is 30.3 Å². The molecular formula is C32H48N2O3. The van der Waals surface area contributed by atoms with E-state index in [2.05, 4.69) is 45.1 Å². The molecule has 4 fully saturated rings. The monoisotopic (exact) mass is 508 g/mol. The molecule has 4 aliphatic carbocycles. The first-order valence-corrected chi connectivity index (χ1v) is 14.8. The number of rotatable bonds is 5. The summed E-state index contributed by atoms with van der Waals surface area (Å²) in [6.45, 7) is 9.05. The minimum atomic E-state index is -0.247. The summed E-state index contributed by atoms with van der Waals surface area (Å²) in [6.07, 6.45) is 9.36. The number of nitrogens with one attached hydrogen (secondary N) is 1. The van der Waals surface area contributed by atoms with Gasteiger partial charge in [0.25, 0.3) is 5.91 Å². The second-order valence-corrected chi connectivity index (χ2v) is 13.6. The number of hydrogen-bond donors (Lipinski definition) is 1. The van der Waals surface area contributed by atoms with Crippen LogP contribution in [0.4, 0.5) is 0 Å². The van der Waals surface area contributed by atoms with Crippen LogP contribution in [0.3, 0.4) is 0 Å². The molecule has 5 heteroatoms. The number of esters is 1. The average Bonchev–Trinajstić information content (AvgIpc) is 3.22. The smallest absolute Gasteiger partial charge is 0.302 e. The van der Waals surface area contributed by atoms with Crippen LogP contribution < -0.4 is 5.32 Å². The van der Waals surface area contributed by atoms with Gasteiger partial charge in [0.05, 0.1) is 6.04 Å². The van der Waals surface area contributed by atoms with Crippen LogP contribution in [0, 0.1) is 40.4 Å². The van der Waals surface area contributed by atoms with Crippen molar-refractivity contribution in [3.05, 3.63) is 35.9 Å². The molecule has 1 N–H and O–H groups in total. The van der Waals surface area contributed by atoms with Gasteiger partial charge in [0.2, 0.25) is 0 Å². The highest BCUT2D eigenvalue weighted by Crippen LogP contribution is 2.68. The molecule has 1 aromatic carbocycles. The standard InChI is InChI=1S/C32H48N2O3/c1-20(34(5)6)24-14-15-25-23-12-13-27-29(37-21(2)35)28(33-30(36)22-10-8-7-9-11-22)17-19-32(27,4)26(23)16-18-31(24,25)3/h7-11,20,23-29H,12-19H2,1-6H3,(H,33,36)/t20-,23-,24+,25-,26-,27-,28-,29+,31+,32+/m0/s1. The van der Waals surface area contributed by atoms with Crippen molar-refractivity contribution in [2.75, 3.05) is 14.1 Å². The van der Waals surface area contributed by atoms with Gasteiger partial charge in [0, 0.05) is 24.4 Å². The molecule has 204 valence electrons. The first-order chi connectivity index (χ1) is 17.6. The minimum absolute atomic E-state index is 0.0690. The molecule has 0 aromatic heterocycles. The van der Waals surface area contributed by atoms with Crippen LogP contribution in [-0.4, -0.2) is 49.1 Å². The third kappa shape index (κ3) is 4.53. The van der Waals surface area contributed by atoms with Crippen molar-refractivity contribution in [3.8, 4) is 0 Å². The highest BCUT2D eigenvalue weighted by Gasteiger charge is 2.62. The number of benzene rings is 1. The molecule has 4 saturated carbocycles. The Balaban J connectivity index is 1.37. The maximum Gasteiger partial charge on any atom is 0.302 e. The van der Waals surface area contributed by atoms with Crippen LogP contribution in [0.2, 0.25) is 0 Å². The van der Waals surface area contributed by atoms with Crippen molar-refractivity contribution in [2.24, 2.45) is 40.4 Å². The Hall–Kier alpha value is -1.88. The molecule has 5 rings (SSSR count). The fourth-order valence-electron chi connectivity index (χ4n) is 9.85. The van der Waals surface area contributed by atoms with Crippen molar-refractivity contribution >= 4 is 11.9 Å². The van der Waals surface area contributed by atoms with E-state index >= 15 is 0 Å². The number of fused-ring (bicyclic) bond motifs is 5. The normalized spacial score (nSPS) is 41.8. The van der Waals surface area contributed by atoms with E-state index in [4.69, 9.17) is 4.74 Å². The van der Waals surface area contributed by atoms with Gasteiger partial charge in [-0.05, 0) is 119 Å². The Morgan fingerprint density at radius 1 is 0.919 bits per heavy atom. The molecule has 0 bridgehead atoms. The summed E-state index contributed by atoms with van der Waals surface area (Å²) >= 11 is 0. The number of carbonyl (C=O) groups excluding carboxylic acids is 2. The first-order valence-electron chi connectivity index (χ1n) is 14.8. The fraction of sp³-hybridized carbons (Fsp3) is 0.750. The molecular weight excluding hydrogens is 460 g/mol. The SMILES string of the molecule is CC(=O)O[C@H]1[C@@H](NC(=O)c2ccccc2)CC[C@]2(C)[C@H]3CC[C@]4(C)[C@@H]([C@H](C)N(C)C)CC[C@H]4[C@@H]3CC[C@@H]12. The van der Waals surface area contributed by atoms with E-state index in [1.165, 1.54) is 39.0 Å². The zero-order valence-electron chi connectivity index (χ0n) is 23.8. The Morgan fingerprint density at radius 3 is 2.24 bits per heavy atom. The Kier molecular flexibility index (Phi) is 7.23. The van der Waals surface area contributed by atoms with E-state index in [1.54, 1.807) is 0 Å². The van der Waals surface area contributed by atoms with Gasteiger partial charge >= 0.3 is 5.97 Å². The molecule has 0 radical (unpaired) electrons. The van der Waals surface area contributed by atoms with Gasteiger partial charge < -0.3 is 15.0 Å². The zero-order valence-corrected chi connectivity index (χ0v) is 23.8. The lowest BCUT2D eigenvalue weighted by molar-refractivity contribution is -0.179. The molecule has 5 nitrogen and oxygen atoms in total. The quantitative estimate of drug-likeness (QED) is 0.501. The Morgan fingerprint density at radius 2 is 1.57 bits per heavy atom. The lowest BCUT2D eigenvalue weighted by Gasteiger charge is -2.62. The third-order valence-electron chi connectivity index (χ3n) is 11.9. The fourth-order valence-corrected chi connectivity index (χ4v) is 9.85. The van der Waals surface area contributed by atoms with Crippen molar-refractivity contribution in [2.45, 2.75) is 97.2 Å². The van der Waals surface area contributed by atoms with E-state index in [0.29, 0.717) is 28.9 Å². The second kappa shape index (κ2) is 10.0. The highest BCUT2D eigenvalue weighted by molar-refractivity contribution is 5.94. The molecule has 0 saturated heterocycles. The van der Waals surface area contributed by atoms with Crippen molar-refractivity contribution in [3.63, 3.8) is 0 Å². The molecule has 0 aliphatic heterocycles. The van der Waals surface area contributed by atoms with E-state index in [-0.39, 0.29) is 29.4 Å².